The van der Waals surface area contributed by atoms with Crippen molar-refractivity contribution in [3.8, 4) is 56.0 Å². The molecule has 6 aromatic carbocycles. The van der Waals surface area contributed by atoms with Crippen LogP contribution in [-0.4, -0.2) is 32.3 Å². The summed E-state index contributed by atoms with van der Waals surface area (Å²) in [5, 5.41) is 45.7. The molecule has 52 heavy (non-hydrogen) atoms. The van der Waals surface area contributed by atoms with Crippen molar-refractivity contribution in [1.82, 2.24) is 0 Å². The van der Waals surface area contributed by atoms with E-state index in [9.17, 15) is 20.6 Å². The van der Waals surface area contributed by atoms with Crippen molar-refractivity contribution < 1.29 is 20.6 Å². The number of oxime groups is 2. The van der Waals surface area contributed by atoms with Gasteiger partial charge in [-0.15, -0.1) is 0 Å². The van der Waals surface area contributed by atoms with Crippen molar-refractivity contribution in [2.24, 2.45) is 21.8 Å². The molecule has 6 rings (SSSR count). The zero-order valence-electron chi connectivity index (χ0n) is 28.4. The molecular weight excluding hydrogens is 719 g/mol. The van der Waals surface area contributed by atoms with Gasteiger partial charge in [-0.2, -0.15) is 0 Å². The van der Waals surface area contributed by atoms with E-state index in [4.69, 9.17) is 46.3 Å². The Morgan fingerprint density at radius 2 is 0.942 bits per heavy atom. The molecule has 0 spiro atoms. The summed E-state index contributed by atoms with van der Waals surface area (Å²) >= 11 is 18.9. The van der Waals surface area contributed by atoms with Crippen LogP contribution in [0.15, 0.2) is 120 Å². The fourth-order valence-electron chi connectivity index (χ4n) is 5.99. The van der Waals surface area contributed by atoms with Crippen molar-refractivity contribution in [2.45, 2.75) is 20.8 Å². The summed E-state index contributed by atoms with van der Waals surface area (Å²) in [4.78, 5) is 0. The first-order valence-corrected chi connectivity index (χ1v) is 17.0. The van der Waals surface area contributed by atoms with Gasteiger partial charge in [0.2, 0.25) is 0 Å². The Balaban J connectivity index is 0.000000201. The molecule has 0 heterocycles. The highest BCUT2D eigenvalue weighted by atomic mass is 35.5. The molecule has 0 fully saturated rings. The van der Waals surface area contributed by atoms with Gasteiger partial charge >= 0.3 is 0 Å². The Bertz CT molecular complexity index is 2300. The second-order valence-electron chi connectivity index (χ2n) is 12.2. The average molecular weight is 754 g/mol. The number of hydrogen-bond acceptors (Lipinski definition) is 6. The van der Waals surface area contributed by atoms with Crippen molar-refractivity contribution in [2.75, 3.05) is 0 Å². The van der Waals surface area contributed by atoms with Gasteiger partial charge in [-0.25, -0.2) is 0 Å². The molecule has 0 aliphatic heterocycles. The van der Waals surface area contributed by atoms with Gasteiger partial charge in [0.05, 0.1) is 0 Å². The van der Waals surface area contributed by atoms with Crippen LogP contribution in [0.5, 0.6) is 11.5 Å². The van der Waals surface area contributed by atoms with E-state index in [0.29, 0.717) is 37.3 Å². The minimum atomic E-state index is -0.0280. The van der Waals surface area contributed by atoms with Gasteiger partial charge < -0.3 is 32.1 Å². The van der Waals surface area contributed by atoms with E-state index in [1.165, 1.54) is 0 Å². The molecule has 6 aromatic rings. The van der Waals surface area contributed by atoms with E-state index >= 15 is 0 Å². The van der Waals surface area contributed by atoms with Crippen LogP contribution in [0.3, 0.4) is 0 Å². The summed E-state index contributed by atoms with van der Waals surface area (Å²) < 4.78 is 0. The zero-order valence-corrected chi connectivity index (χ0v) is 30.6. The lowest BCUT2D eigenvalue weighted by Crippen LogP contribution is -2.15. The Hall–Kier alpha value is -5.67. The molecule has 264 valence electrons. The normalized spacial score (nSPS) is 11.6. The largest absolute Gasteiger partial charge is 0.508 e. The van der Waals surface area contributed by atoms with E-state index in [0.717, 1.165) is 50.1 Å². The summed E-state index contributed by atoms with van der Waals surface area (Å²) in [5.74, 6) is 0.361. The Morgan fingerprint density at radius 1 is 0.481 bits per heavy atom. The number of phenols is 2. The van der Waals surface area contributed by atoms with E-state index < -0.39 is 0 Å². The molecule has 0 aliphatic carbocycles. The number of halogens is 3. The van der Waals surface area contributed by atoms with Crippen LogP contribution in [0.2, 0.25) is 15.1 Å². The van der Waals surface area contributed by atoms with Crippen molar-refractivity contribution in [3.05, 3.63) is 152 Å². The van der Waals surface area contributed by atoms with Gasteiger partial charge in [-0.3, -0.25) is 0 Å². The number of nitrogens with two attached hydrogens (primary N) is 2. The van der Waals surface area contributed by atoms with Gasteiger partial charge in [0.1, 0.15) is 11.5 Å². The number of aryl methyl sites for hydroxylation is 3. The number of aromatic hydroxyl groups is 2. The maximum absolute atomic E-state index is 9.61. The predicted molar refractivity (Wildman–Crippen MR) is 212 cm³/mol. The number of phenolic OH excluding ortho intramolecular Hbond substituents is 2. The lowest BCUT2D eigenvalue weighted by molar-refractivity contribution is 0.318. The van der Waals surface area contributed by atoms with Gasteiger partial charge in [-0.1, -0.05) is 87.6 Å². The maximum atomic E-state index is 9.61. The lowest BCUT2D eigenvalue weighted by Gasteiger charge is -2.18. The summed E-state index contributed by atoms with van der Waals surface area (Å²) in [5.41, 5.74) is 22.6. The first-order valence-electron chi connectivity index (χ1n) is 15.9. The molecule has 8 N–H and O–H groups in total. The molecule has 0 saturated carbocycles. The minimum absolute atomic E-state index is 0.0280. The topological polar surface area (TPSA) is 158 Å². The summed E-state index contributed by atoms with van der Waals surface area (Å²) in [6, 6.07) is 32.3. The van der Waals surface area contributed by atoms with Crippen LogP contribution in [0.25, 0.3) is 44.5 Å². The standard InChI is InChI=1S/C21H19ClN2O2.C20H16Cl2N2O2/c1-12-7-15(11-16(22)8-12)20-18(14-3-5-17(25)6-4-14)9-13(2)10-19(20)21(23)24-26;1-11-8-15(12-2-5-14(25)6-3-12)19(17(9-11)20(23)24-26)16-10-13(21)4-7-18(16)22/h3-11,25-26H,1-2H3,(H2,23,24);2-10,25-26H,1H3,(H2,23,24). The molecule has 0 aliphatic rings. The van der Waals surface area contributed by atoms with Crippen LogP contribution in [0.4, 0.5) is 0 Å². The molecule has 0 amide bonds. The van der Waals surface area contributed by atoms with Crippen molar-refractivity contribution in [1.29, 1.82) is 0 Å². The zero-order chi connectivity index (χ0) is 37.7. The van der Waals surface area contributed by atoms with E-state index in [1.54, 1.807) is 54.6 Å². The van der Waals surface area contributed by atoms with E-state index in [1.807, 2.05) is 75.4 Å². The summed E-state index contributed by atoms with van der Waals surface area (Å²) in [7, 11) is 0. The minimum Gasteiger partial charge on any atom is -0.508 e. The number of nitrogens with zero attached hydrogens (tertiary/aromatic N) is 2. The third kappa shape index (κ3) is 8.44. The second kappa shape index (κ2) is 16.1. The van der Waals surface area contributed by atoms with Crippen LogP contribution in [0, 0.1) is 20.8 Å². The van der Waals surface area contributed by atoms with E-state index in [-0.39, 0.29) is 23.2 Å². The van der Waals surface area contributed by atoms with Gasteiger partial charge in [0, 0.05) is 42.9 Å². The molecular formula is C41H35Cl3N4O4. The SMILES string of the molecule is Cc1cc(C(N)=NO)c(-c2cc(Cl)ccc2Cl)c(-c2ccc(O)cc2)c1.Cc1cc(Cl)cc(-c2c(C(N)=NO)cc(C)cc2-c2ccc(O)cc2)c1. The quantitative estimate of drug-likeness (QED) is 0.0430. The number of rotatable bonds is 6. The van der Waals surface area contributed by atoms with Crippen LogP contribution in [-0.2, 0) is 0 Å². The highest BCUT2D eigenvalue weighted by Crippen LogP contribution is 2.41. The Kier molecular flexibility index (Phi) is 11.7. The summed E-state index contributed by atoms with van der Waals surface area (Å²) in [6.45, 7) is 5.83. The third-order valence-electron chi connectivity index (χ3n) is 8.22. The van der Waals surface area contributed by atoms with Gasteiger partial charge in [0.15, 0.2) is 11.7 Å². The van der Waals surface area contributed by atoms with Crippen LogP contribution < -0.4 is 11.5 Å². The monoisotopic (exact) mass is 752 g/mol. The fraction of sp³-hybridized carbons (Fsp3) is 0.0732. The maximum Gasteiger partial charge on any atom is 0.170 e. The first-order chi connectivity index (χ1) is 24.8. The Morgan fingerprint density at radius 3 is 1.42 bits per heavy atom. The molecule has 11 heteroatoms. The molecule has 0 saturated heterocycles. The number of hydrogen-bond donors (Lipinski definition) is 6. The molecule has 0 radical (unpaired) electrons. The molecule has 0 unspecified atom stereocenters. The van der Waals surface area contributed by atoms with Gasteiger partial charge in [0.25, 0.3) is 0 Å². The average Bonchev–Trinajstić information content (AvgIpc) is 3.11. The van der Waals surface area contributed by atoms with E-state index in [2.05, 4.69) is 10.3 Å². The van der Waals surface area contributed by atoms with Crippen LogP contribution >= 0.6 is 34.8 Å². The number of amidine groups is 2. The summed E-state index contributed by atoms with van der Waals surface area (Å²) in [6.07, 6.45) is 0. The molecule has 0 bridgehead atoms. The second-order valence-corrected chi connectivity index (χ2v) is 13.5. The lowest BCUT2D eigenvalue weighted by atomic mass is 9.88. The highest BCUT2D eigenvalue weighted by Gasteiger charge is 2.20. The van der Waals surface area contributed by atoms with Crippen molar-refractivity contribution in [3.63, 3.8) is 0 Å². The van der Waals surface area contributed by atoms with Crippen LogP contribution in [0.1, 0.15) is 27.8 Å². The smallest absolute Gasteiger partial charge is 0.170 e. The highest BCUT2D eigenvalue weighted by molar-refractivity contribution is 6.36. The predicted octanol–water partition coefficient (Wildman–Crippen LogP) is 10.5. The first kappa shape index (κ1) is 37.6. The van der Waals surface area contributed by atoms with Crippen molar-refractivity contribution >= 4 is 46.5 Å². The van der Waals surface area contributed by atoms with Gasteiger partial charge in [-0.05, 0) is 132 Å². The number of benzene rings is 6. The molecule has 0 aromatic heterocycles. The Labute approximate surface area is 316 Å². The molecule has 0 atom stereocenters. The third-order valence-corrected chi connectivity index (χ3v) is 9.00. The fourth-order valence-corrected chi connectivity index (χ4v) is 6.67. The molecule has 8 nitrogen and oxygen atoms in total.